The summed E-state index contributed by atoms with van der Waals surface area (Å²) in [6.07, 6.45) is 0.0857. The third-order valence-corrected chi connectivity index (χ3v) is 6.44. The van der Waals surface area contributed by atoms with E-state index in [2.05, 4.69) is 5.32 Å². The van der Waals surface area contributed by atoms with Crippen molar-refractivity contribution >= 4 is 22.3 Å². The molecule has 1 saturated heterocycles. The molecular formula is C23H23N3O6S. The van der Waals surface area contributed by atoms with Crippen LogP contribution in [0.1, 0.15) is 33.1 Å². The molecular weight excluding hydrogens is 446 g/mol. The van der Waals surface area contributed by atoms with E-state index in [1.807, 2.05) is 29.0 Å². The zero-order valence-corrected chi connectivity index (χ0v) is 18.5. The number of nitrogens with one attached hydrogen (secondary N) is 2. The van der Waals surface area contributed by atoms with Crippen molar-refractivity contribution in [2.45, 2.75) is 19.1 Å². The first-order valence-electron chi connectivity index (χ1n) is 10.3. The maximum absolute atomic E-state index is 12.9. The Balaban J connectivity index is 1.51. The maximum Gasteiger partial charge on any atom is 0.422 e. The summed E-state index contributed by atoms with van der Waals surface area (Å²) in [7, 11) is -4.45. The molecule has 10 heteroatoms. The molecule has 0 spiro atoms. The molecule has 33 heavy (non-hydrogen) atoms. The largest absolute Gasteiger partial charge is 0.456 e. The monoisotopic (exact) mass is 469 g/mol. The molecule has 2 N–H and O–H groups in total. The van der Waals surface area contributed by atoms with Crippen LogP contribution in [0.15, 0.2) is 72.9 Å². The van der Waals surface area contributed by atoms with E-state index in [-0.39, 0.29) is 24.8 Å². The standard InChI is InChI=1S/C23H23N3O6S/c27-22(31-15-17-7-3-1-4-8-17)21-20(19-13-24-14-19)11-12-26(21)33(29,30)25-23(28)32-16-18-9-5-2-6-10-18/h1-12,19,24H,13-16H2,(H,25,28). The van der Waals surface area contributed by atoms with Gasteiger partial charge in [0.1, 0.15) is 18.9 Å². The smallest absolute Gasteiger partial charge is 0.422 e. The molecule has 0 aliphatic carbocycles. The van der Waals surface area contributed by atoms with Crippen LogP contribution >= 0.6 is 0 Å². The molecule has 0 saturated carbocycles. The molecule has 0 radical (unpaired) electrons. The Morgan fingerprint density at radius 2 is 1.48 bits per heavy atom. The van der Waals surface area contributed by atoms with E-state index in [0.29, 0.717) is 24.2 Å². The second kappa shape index (κ2) is 9.88. The van der Waals surface area contributed by atoms with Crippen LogP contribution in [0, 0.1) is 0 Å². The lowest BCUT2D eigenvalue weighted by Gasteiger charge is -2.27. The summed E-state index contributed by atoms with van der Waals surface area (Å²) >= 11 is 0. The second-order valence-electron chi connectivity index (χ2n) is 7.50. The van der Waals surface area contributed by atoms with Gasteiger partial charge in [0.25, 0.3) is 0 Å². The average molecular weight is 470 g/mol. The van der Waals surface area contributed by atoms with Crippen molar-refractivity contribution in [3.63, 3.8) is 0 Å². The average Bonchev–Trinajstić information content (AvgIpc) is 3.21. The van der Waals surface area contributed by atoms with Crippen LogP contribution in [0.5, 0.6) is 0 Å². The number of esters is 1. The van der Waals surface area contributed by atoms with Gasteiger partial charge in [0, 0.05) is 25.2 Å². The third kappa shape index (κ3) is 5.41. The van der Waals surface area contributed by atoms with Crippen molar-refractivity contribution in [2.75, 3.05) is 13.1 Å². The Kier molecular flexibility index (Phi) is 6.76. The van der Waals surface area contributed by atoms with E-state index >= 15 is 0 Å². The summed E-state index contributed by atoms with van der Waals surface area (Å²) in [5.74, 6) is -0.834. The predicted octanol–water partition coefficient (Wildman–Crippen LogP) is 2.55. The van der Waals surface area contributed by atoms with Crippen molar-refractivity contribution in [1.82, 2.24) is 14.0 Å². The molecule has 9 nitrogen and oxygen atoms in total. The zero-order valence-electron chi connectivity index (χ0n) is 17.6. The second-order valence-corrected chi connectivity index (χ2v) is 9.05. The van der Waals surface area contributed by atoms with Crippen molar-refractivity contribution < 1.29 is 27.5 Å². The van der Waals surface area contributed by atoms with Gasteiger partial charge in [-0.2, -0.15) is 8.42 Å². The molecule has 1 aromatic heterocycles. The van der Waals surface area contributed by atoms with Gasteiger partial charge in [-0.1, -0.05) is 60.7 Å². The fourth-order valence-corrected chi connectivity index (χ4v) is 4.38. The van der Waals surface area contributed by atoms with E-state index in [1.165, 1.54) is 6.20 Å². The maximum atomic E-state index is 12.9. The van der Waals surface area contributed by atoms with Crippen molar-refractivity contribution in [3.05, 3.63) is 95.3 Å². The Morgan fingerprint density at radius 1 is 0.909 bits per heavy atom. The lowest BCUT2D eigenvalue weighted by molar-refractivity contribution is 0.0461. The first-order chi connectivity index (χ1) is 15.9. The molecule has 1 aliphatic heterocycles. The highest BCUT2D eigenvalue weighted by atomic mass is 32.2. The molecule has 4 rings (SSSR count). The number of carbonyl (C=O) groups excluding carboxylic acids is 2. The quantitative estimate of drug-likeness (QED) is 0.487. The fourth-order valence-electron chi connectivity index (χ4n) is 3.37. The predicted molar refractivity (Wildman–Crippen MR) is 120 cm³/mol. The van der Waals surface area contributed by atoms with Crippen molar-refractivity contribution in [2.24, 2.45) is 0 Å². The zero-order chi connectivity index (χ0) is 23.3. The summed E-state index contributed by atoms with van der Waals surface area (Å²) in [6, 6.07) is 19.5. The number of carbonyl (C=O) groups is 2. The van der Waals surface area contributed by atoms with Gasteiger partial charge in [0.05, 0.1) is 0 Å². The molecule has 0 bridgehead atoms. The molecule has 2 heterocycles. The molecule has 2 aromatic carbocycles. The van der Waals surface area contributed by atoms with E-state index in [9.17, 15) is 18.0 Å². The SMILES string of the molecule is O=C(NS(=O)(=O)n1ccc(C2CNC2)c1C(=O)OCc1ccccc1)OCc1ccccc1. The van der Waals surface area contributed by atoms with Gasteiger partial charge in [-0.15, -0.1) is 0 Å². The highest BCUT2D eigenvalue weighted by Gasteiger charge is 2.32. The number of amides is 1. The van der Waals surface area contributed by atoms with Crippen LogP contribution in [0.3, 0.4) is 0 Å². The Morgan fingerprint density at radius 3 is 2.03 bits per heavy atom. The van der Waals surface area contributed by atoms with Gasteiger partial charge in [-0.25, -0.2) is 18.3 Å². The number of aromatic nitrogens is 1. The lowest BCUT2D eigenvalue weighted by Crippen LogP contribution is -2.41. The normalized spacial score (nSPS) is 13.7. The van der Waals surface area contributed by atoms with Crippen molar-refractivity contribution in [3.8, 4) is 0 Å². The molecule has 1 fully saturated rings. The lowest BCUT2D eigenvalue weighted by atomic mass is 9.94. The first-order valence-corrected chi connectivity index (χ1v) is 11.7. The van der Waals surface area contributed by atoms with Gasteiger partial charge in [-0.05, 0) is 22.8 Å². The number of benzene rings is 2. The Labute approximate surface area is 191 Å². The van der Waals surface area contributed by atoms with Gasteiger partial charge in [-0.3, -0.25) is 0 Å². The van der Waals surface area contributed by atoms with Crippen LogP contribution in [0.4, 0.5) is 4.79 Å². The summed E-state index contributed by atoms with van der Waals surface area (Å²) in [4.78, 5) is 25.1. The summed E-state index contributed by atoms with van der Waals surface area (Å²) in [5.41, 5.74) is 1.87. The number of rotatable bonds is 8. The Bertz CT molecular complexity index is 1220. The highest BCUT2D eigenvalue weighted by Crippen LogP contribution is 2.26. The van der Waals surface area contributed by atoms with Crippen LogP contribution in [0.2, 0.25) is 0 Å². The van der Waals surface area contributed by atoms with E-state index in [4.69, 9.17) is 9.47 Å². The minimum atomic E-state index is -4.45. The van der Waals surface area contributed by atoms with Gasteiger partial charge in [0.2, 0.25) is 0 Å². The minimum absolute atomic E-state index is 0.0141. The molecule has 0 atom stereocenters. The van der Waals surface area contributed by atoms with Crippen LogP contribution in [0.25, 0.3) is 0 Å². The number of hydrogen-bond acceptors (Lipinski definition) is 7. The Hall–Kier alpha value is -3.63. The first kappa shape index (κ1) is 22.6. The molecule has 1 aliphatic rings. The number of hydrogen-bond donors (Lipinski definition) is 2. The molecule has 3 aromatic rings. The van der Waals surface area contributed by atoms with E-state index in [1.54, 1.807) is 42.5 Å². The molecule has 172 valence electrons. The summed E-state index contributed by atoms with van der Waals surface area (Å²) in [6.45, 7) is 1.10. The van der Waals surface area contributed by atoms with Gasteiger partial charge in [0.15, 0.2) is 0 Å². The summed E-state index contributed by atoms with van der Waals surface area (Å²) < 4.78 is 38.8. The van der Waals surface area contributed by atoms with Crippen molar-refractivity contribution in [1.29, 1.82) is 0 Å². The number of ether oxygens (including phenoxy) is 2. The van der Waals surface area contributed by atoms with E-state index < -0.39 is 22.3 Å². The van der Waals surface area contributed by atoms with E-state index in [0.717, 1.165) is 9.54 Å². The van der Waals surface area contributed by atoms with Crippen LogP contribution < -0.4 is 10.0 Å². The minimum Gasteiger partial charge on any atom is -0.456 e. The fraction of sp³-hybridized carbons (Fsp3) is 0.217. The number of nitrogens with zero attached hydrogens (tertiary/aromatic N) is 1. The molecule has 1 amide bonds. The molecule has 0 unspecified atom stereocenters. The van der Waals surface area contributed by atoms with Gasteiger partial charge < -0.3 is 14.8 Å². The highest BCUT2D eigenvalue weighted by molar-refractivity contribution is 7.88. The topological polar surface area (TPSA) is 116 Å². The van der Waals surface area contributed by atoms with Crippen LogP contribution in [-0.4, -0.2) is 37.5 Å². The third-order valence-electron chi connectivity index (χ3n) is 5.19. The summed E-state index contributed by atoms with van der Waals surface area (Å²) in [5, 5.41) is 3.10. The van der Waals surface area contributed by atoms with Gasteiger partial charge >= 0.3 is 22.3 Å². The van der Waals surface area contributed by atoms with Crippen LogP contribution in [-0.2, 0) is 32.9 Å².